The third kappa shape index (κ3) is 24.2. The summed E-state index contributed by atoms with van der Waals surface area (Å²) in [6, 6.07) is 11.4. The van der Waals surface area contributed by atoms with Gasteiger partial charge in [-0.15, -0.1) is 0 Å². The van der Waals surface area contributed by atoms with Crippen molar-refractivity contribution in [3.8, 4) is 0 Å². The van der Waals surface area contributed by atoms with Crippen molar-refractivity contribution in [2.45, 2.75) is 0 Å². The molecule has 8 heteroatoms. The van der Waals surface area contributed by atoms with Crippen molar-refractivity contribution in [1.82, 2.24) is 9.97 Å². The van der Waals surface area contributed by atoms with Gasteiger partial charge in [0.25, 0.3) is 0 Å². The minimum atomic E-state index is -6.00. The molecule has 2 aromatic heterocycles. The molecule has 0 N–H and O–H groups in total. The van der Waals surface area contributed by atoms with Crippen LogP contribution in [0.2, 0.25) is 0 Å². The van der Waals surface area contributed by atoms with Crippen LogP contribution in [-0.2, 0) is 22.4 Å². The Morgan fingerprint density at radius 2 is 0.778 bits per heavy atom. The molecule has 2 aromatic rings. The zero-order valence-electron chi connectivity index (χ0n) is 9.06. The van der Waals surface area contributed by atoms with Gasteiger partial charge in [0.05, 0.1) is 0 Å². The van der Waals surface area contributed by atoms with E-state index in [1.165, 1.54) is 0 Å². The van der Waals surface area contributed by atoms with Crippen molar-refractivity contribution in [1.29, 1.82) is 0 Å². The molecule has 0 bridgehead atoms. The average Bonchev–Trinajstić information content (AvgIpc) is 2.32. The summed E-state index contributed by atoms with van der Waals surface area (Å²) in [5.41, 5.74) is 0. The summed E-state index contributed by atoms with van der Waals surface area (Å²) < 4.78 is 39.0. The van der Waals surface area contributed by atoms with Gasteiger partial charge in [0.15, 0.2) is 0 Å². The van der Waals surface area contributed by atoms with E-state index < -0.39 is 7.25 Å². The second-order valence-corrected chi connectivity index (χ2v) is 2.54. The van der Waals surface area contributed by atoms with Crippen LogP contribution in [0.3, 0.4) is 0 Å². The third-order valence-electron chi connectivity index (χ3n) is 1.13. The number of halogens is 4. The van der Waals surface area contributed by atoms with Crippen LogP contribution in [0.5, 0.6) is 0 Å². The molecule has 0 spiro atoms. The molecule has 2 rings (SSSR count). The first kappa shape index (κ1) is 19.2. The molecule has 0 aliphatic rings. The molecule has 2 heterocycles. The minimum absolute atomic E-state index is 0. The first-order valence-electron chi connectivity index (χ1n) is 4.57. The number of aromatic nitrogens is 2. The molecule has 0 unspecified atom stereocenters. The zero-order valence-corrected chi connectivity index (χ0v) is 11.2. The van der Waals surface area contributed by atoms with Crippen LogP contribution >= 0.6 is 0 Å². The molecule has 102 valence electrons. The van der Waals surface area contributed by atoms with Crippen molar-refractivity contribution >= 4 is 7.25 Å². The first-order chi connectivity index (χ1) is 8.00. The summed E-state index contributed by atoms with van der Waals surface area (Å²) in [5, 5.41) is 0. The molecule has 0 amide bonds. The molecule has 0 aromatic carbocycles. The molecular formula is C10H10AuBF4N2. The summed E-state index contributed by atoms with van der Waals surface area (Å²) in [5.74, 6) is 0. The number of rotatable bonds is 0. The van der Waals surface area contributed by atoms with E-state index >= 15 is 0 Å². The number of pyridine rings is 2. The Morgan fingerprint density at radius 3 is 0.833 bits per heavy atom. The first-order valence-corrected chi connectivity index (χ1v) is 4.57. The van der Waals surface area contributed by atoms with E-state index in [2.05, 4.69) is 9.97 Å². The Bertz CT molecular complexity index is 270. The van der Waals surface area contributed by atoms with Gasteiger partial charge in [-0.2, -0.15) is 0 Å². The standard InChI is InChI=1S/2C5H5N.Au.BF4/c2*1-2-4-6-5-3-1;;2-1(3,4)5/h2*1-5H;;/q;;+1;-1. The Morgan fingerprint density at radius 1 is 0.556 bits per heavy atom. The maximum atomic E-state index is 9.75. The fourth-order valence-electron chi connectivity index (χ4n) is 0.625. The molecular weight excluding hydrogens is 432 g/mol. The summed E-state index contributed by atoms with van der Waals surface area (Å²) in [4.78, 5) is 7.57. The van der Waals surface area contributed by atoms with Gasteiger partial charge in [0.1, 0.15) is 0 Å². The van der Waals surface area contributed by atoms with Gasteiger partial charge >= 0.3 is 29.6 Å². The van der Waals surface area contributed by atoms with Gasteiger partial charge < -0.3 is 17.3 Å². The van der Waals surface area contributed by atoms with E-state index in [-0.39, 0.29) is 22.4 Å². The van der Waals surface area contributed by atoms with Gasteiger partial charge in [0, 0.05) is 24.8 Å². The smallest absolute Gasteiger partial charge is 0.418 e. The Kier molecular flexibility index (Phi) is 13.1. The fourth-order valence-corrected chi connectivity index (χ4v) is 0.625. The van der Waals surface area contributed by atoms with Crippen LogP contribution in [0.25, 0.3) is 0 Å². The normalized spacial score (nSPS) is 8.67. The van der Waals surface area contributed by atoms with Gasteiger partial charge in [-0.3, -0.25) is 9.97 Å². The fraction of sp³-hybridized carbons (Fsp3) is 0. The van der Waals surface area contributed by atoms with Crippen molar-refractivity contribution in [3.63, 3.8) is 0 Å². The summed E-state index contributed by atoms with van der Waals surface area (Å²) in [6.45, 7) is 0. The number of hydrogen-bond acceptors (Lipinski definition) is 2. The quantitative estimate of drug-likeness (QED) is 0.462. The van der Waals surface area contributed by atoms with Crippen LogP contribution < -0.4 is 0 Å². The maximum absolute atomic E-state index is 9.75. The molecule has 0 saturated heterocycles. The molecule has 18 heavy (non-hydrogen) atoms. The van der Waals surface area contributed by atoms with Crippen molar-refractivity contribution in [2.24, 2.45) is 0 Å². The molecule has 2 nitrogen and oxygen atoms in total. The predicted octanol–water partition coefficient (Wildman–Crippen LogP) is 3.46. The van der Waals surface area contributed by atoms with E-state index in [4.69, 9.17) is 0 Å². The Balaban J connectivity index is 0. The minimum Gasteiger partial charge on any atom is -0.418 e. The van der Waals surface area contributed by atoms with Crippen LogP contribution in [0, 0.1) is 0 Å². The number of hydrogen-bond donors (Lipinski definition) is 0. The SMILES string of the molecule is F[B-](F)(F)F.[Au+].c1ccncc1.c1ccncc1. The van der Waals surface area contributed by atoms with Crippen molar-refractivity contribution < 1.29 is 39.6 Å². The summed E-state index contributed by atoms with van der Waals surface area (Å²) in [7, 11) is -6.00. The third-order valence-corrected chi connectivity index (χ3v) is 1.13. The van der Waals surface area contributed by atoms with Gasteiger partial charge in [-0.25, -0.2) is 0 Å². The molecule has 0 radical (unpaired) electrons. The van der Waals surface area contributed by atoms with Crippen molar-refractivity contribution in [3.05, 3.63) is 61.2 Å². The van der Waals surface area contributed by atoms with Crippen molar-refractivity contribution in [2.75, 3.05) is 0 Å². The molecule has 0 atom stereocenters. The summed E-state index contributed by atoms with van der Waals surface area (Å²) in [6.07, 6.45) is 7.00. The Labute approximate surface area is 118 Å². The second kappa shape index (κ2) is 12.3. The summed E-state index contributed by atoms with van der Waals surface area (Å²) >= 11 is 0. The zero-order chi connectivity index (χ0) is 13.0. The van der Waals surface area contributed by atoms with E-state index in [9.17, 15) is 17.3 Å². The molecule has 0 aliphatic heterocycles. The van der Waals surface area contributed by atoms with Crippen LogP contribution in [0.15, 0.2) is 61.2 Å². The van der Waals surface area contributed by atoms with Crippen LogP contribution in [-0.4, -0.2) is 17.2 Å². The van der Waals surface area contributed by atoms with E-state index in [1.54, 1.807) is 24.8 Å². The topological polar surface area (TPSA) is 25.8 Å². The van der Waals surface area contributed by atoms with Gasteiger partial charge in [-0.05, 0) is 24.3 Å². The molecule has 0 fully saturated rings. The Hall–Kier alpha value is -1.17. The predicted molar refractivity (Wildman–Crippen MR) is 58.7 cm³/mol. The van der Waals surface area contributed by atoms with E-state index in [0.29, 0.717) is 0 Å². The van der Waals surface area contributed by atoms with E-state index in [1.807, 2.05) is 36.4 Å². The number of nitrogens with zero attached hydrogens (tertiary/aromatic N) is 2. The van der Waals surface area contributed by atoms with Crippen LogP contribution in [0.1, 0.15) is 0 Å². The monoisotopic (exact) mass is 442 g/mol. The second-order valence-electron chi connectivity index (χ2n) is 2.54. The maximum Gasteiger partial charge on any atom is 1.00 e. The van der Waals surface area contributed by atoms with Gasteiger partial charge in [-0.1, -0.05) is 12.1 Å². The molecule has 0 saturated carbocycles. The average molecular weight is 442 g/mol. The van der Waals surface area contributed by atoms with Crippen LogP contribution in [0.4, 0.5) is 17.3 Å². The molecule has 0 aliphatic carbocycles. The van der Waals surface area contributed by atoms with E-state index in [0.717, 1.165) is 0 Å². The largest absolute Gasteiger partial charge is 1.00 e. The van der Waals surface area contributed by atoms with Gasteiger partial charge in [0.2, 0.25) is 0 Å².